The van der Waals surface area contributed by atoms with Crippen molar-refractivity contribution in [1.29, 1.82) is 0 Å². The van der Waals surface area contributed by atoms with E-state index in [-0.39, 0.29) is 6.42 Å². The molecule has 0 aliphatic rings. The third-order valence-electron chi connectivity index (χ3n) is 2.60. The zero-order valence-electron chi connectivity index (χ0n) is 10.5. The van der Waals surface area contributed by atoms with Gasteiger partial charge < -0.3 is 20.3 Å². The van der Waals surface area contributed by atoms with Crippen molar-refractivity contribution in [2.45, 2.75) is 19.4 Å². The van der Waals surface area contributed by atoms with Crippen LogP contribution in [0.15, 0.2) is 6.07 Å². The maximum absolute atomic E-state index is 10.8. The van der Waals surface area contributed by atoms with Gasteiger partial charge in [-0.3, -0.25) is 4.79 Å². The molecule has 5 nitrogen and oxygen atoms in total. The second-order valence-corrected chi connectivity index (χ2v) is 4.26. The number of carboxylic acid groups (broad SMARTS) is 1. The van der Waals surface area contributed by atoms with Crippen LogP contribution in [0.25, 0.3) is 0 Å². The van der Waals surface area contributed by atoms with Crippen molar-refractivity contribution in [3.63, 3.8) is 0 Å². The minimum absolute atomic E-state index is 0.142. The van der Waals surface area contributed by atoms with E-state index < -0.39 is 12.0 Å². The Morgan fingerprint density at radius 2 is 2.00 bits per heavy atom. The fraction of sp³-hybridized carbons (Fsp3) is 0.417. The standard InChI is InChI=1S/C12H16ClNO4/c1-6-4-7(5-8(14)12(15)16)11(18-3)9(13)10(6)17-2/h4,8H,5,14H2,1-3H3,(H,15,16). The minimum atomic E-state index is -1.07. The Kier molecular flexibility index (Phi) is 4.81. The van der Waals surface area contributed by atoms with E-state index >= 15 is 0 Å². The summed E-state index contributed by atoms with van der Waals surface area (Å²) in [7, 11) is 2.97. The van der Waals surface area contributed by atoms with Crippen LogP contribution in [0.3, 0.4) is 0 Å². The lowest BCUT2D eigenvalue weighted by Crippen LogP contribution is -2.32. The fourth-order valence-electron chi connectivity index (χ4n) is 1.76. The minimum Gasteiger partial charge on any atom is -0.495 e. The number of aliphatic carboxylic acids is 1. The van der Waals surface area contributed by atoms with Crippen molar-refractivity contribution in [1.82, 2.24) is 0 Å². The summed E-state index contributed by atoms with van der Waals surface area (Å²) in [5, 5.41) is 9.15. The molecule has 0 bridgehead atoms. The van der Waals surface area contributed by atoms with E-state index in [1.807, 2.05) is 6.92 Å². The summed E-state index contributed by atoms with van der Waals surface area (Å²) in [5.41, 5.74) is 6.96. The predicted octanol–water partition coefficient (Wildman–Crippen LogP) is 1.62. The molecule has 100 valence electrons. The van der Waals surface area contributed by atoms with E-state index in [1.54, 1.807) is 6.07 Å². The summed E-state index contributed by atoms with van der Waals surface area (Å²) in [6.45, 7) is 1.82. The lowest BCUT2D eigenvalue weighted by molar-refractivity contribution is -0.138. The Bertz CT molecular complexity index is 462. The molecule has 3 N–H and O–H groups in total. The number of benzene rings is 1. The molecule has 0 saturated carbocycles. The number of rotatable bonds is 5. The number of hydrogen-bond donors (Lipinski definition) is 2. The smallest absolute Gasteiger partial charge is 0.320 e. The number of aryl methyl sites for hydroxylation is 1. The Morgan fingerprint density at radius 3 is 2.44 bits per heavy atom. The highest BCUT2D eigenvalue weighted by atomic mass is 35.5. The van der Waals surface area contributed by atoms with Gasteiger partial charge in [0.2, 0.25) is 0 Å². The van der Waals surface area contributed by atoms with Crippen LogP contribution in [-0.4, -0.2) is 31.3 Å². The van der Waals surface area contributed by atoms with Crippen LogP contribution >= 0.6 is 11.6 Å². The fourth-order valence-corrected chi connectivity index (χ4v) is 2.18. The van der Waals surface area contributed by atoms with E-state index in [0.717, 1.165) is 5.56 Å². The molecule has 0 saturated heterocycles. The van der Waals surface area contributed by atoms with Crippen molar-refractivity contribution < 1.29 is 19.4 Å². The average Bonchev–Trinajstić information content (AvgIpc) is 2.29. The van der Waals surface area contributed by atoms with Crippen LogP contribution in [-0.2, 0) is 11.2 Å². The van der Waals surface area contributed by atoms with E-state index in [0.29, 0.717) is 22.1 Å². The normalized spacial score (nSPS) is 12.1. The topological polar surface area (TPSA) is 81.8 Å². The molecule has 0 aliphatic carbocycles. The van der Waals surface area contributed by atoms with Crippen molar-refractivity contribution in [2.24, 2.45) is 5.73 Å². The Balaban J connectivity index is 3.24. The van der Waals surface area contributed by atoms with E-state index in [9.17, 15) is 4.79 Å². The van der Waals surface area contributed by atoms with Gasteiger partial charge in [-0.1, -0.05) is 11.6 Å². The van der Waals surface area contributed by atoms with Gasteiger partial charge in [0.25, 0.3) is 0 Å². The summed E-state index contributed by atoms with van der Waals surface area (Å²) >= 11 is 6.14. The van der Waals surface area contributed by atoms with Crippen LogP contribution in [0.5, 0.6) is 11.5 Å². The summed E-state index contributed by atoms with van der Waals surface area (Å²) in [6.07, 6.45) is 0.142. The van der Waals surface area contributed by atoms with Gasteiger partial charge in [0.1, 0.15) is 22.6 Å². The van der Waals surface area contributed by atoms with Crippen LogP contribution in [0.2, 0.25) is 5.02 Å². The first-order valence-corrected chi connectivity index (χ1v) is 5.68. The molecule has 0 aromatic heterocycles. The van der Waals surface area contributed by atoms with Crippen LogP contribution < -0.4 is 15.2 Å². The first-order chi connectivity index (χ1) is 8.42. The molecule has 6 heteroatoms. The van der Waals surface area contributed by atoms with Gasteiger partial charge in [0.15, 0.2) is 0 Å². The van der Waals surface area contributed by atoms with Crippen LogP contribution in [0.1, 0.15) is 11.1 Å². The number of methoxy groups -OCH3 is 2. The maximum Gasteiger partial charge on any atom is 0.320 e. The maximum atomic E-state index is 10.8. The highest BCUT2D eigenvalue weighted by Gasteiger charge is 2.20. The first-order valence-electron chi connectivity index (χ1n) is 5.30. The van der Waals surface area contributed by atoms with Crippen molar-refractivity contribution in [3.05, 3.63) is 22.2 Å². The first kappa shape index (κ1) is 14.6. The van der Waals surface area contributed by atoms with Gasteiger partial charge in [0.05, 0.1) is 14.2 Å². The molecule has 0 heterocycles. The monoisotopic (exact) mass is 273 g/mol. The molecule has 0 amide bonds. The number of ether oxygens (including phenoxy) is 2. The SMILES string of the molecule is COc1c(C)cc(CC(N)C(=O)O)c(OC)c1Cl. The van der Waals surface area contributed by atoms with E-state index in [1.165, 1.54) is 14.2 Å². The molecule has 18 heavy (non-hydrogen) atoms. The lowest BCUT2D eigenvalue weighted by atomic mass is 10.0. The Morgan fingerprint density at radius 1 is 1.44 bits per heavy atom. The number of hydrogen-bond acceptors (Lipinski definition) is 4. The number of carboxylic acids is 1. The second-order valence-electron chi connectivity index (χ2n) is 3.88. The summed E-state index contributed by atoms with van der Waals surface area (Å²) in [4.78, 5) is 10.8. The number of nitrogens with two attached hydrogens (primary N) is 1. The molecule has 1 aromatic carbocycles. The lowest BCUT2D eigenvalue weighted by Gasteiger charge is -2.16. The molecular formula is C12H16ClNO4. The Labute approximate surface area is 110 Å². The molecule has 1 unspecified atom stereocenters. The van der Waals surface area contributed by atoms with E-state index in [4.69, 9.17) is 31.9 Å². The van der Waals surface area contributed by atoms with Gasteiger partial charge in [-0.15, -0.1) is 0 Å². The second kappa shape index (κ2) is 5.93. The highest BCUT2D eigenvalue weighted by molar-refractivity contribution is 6.33. The molecule has 1 aromatic rings. The van der Waals surface area contributed by atoms with Gasteiger partial charge in [-0.05, 0) is 24.1 Å². The third-order valence-corrected chi connectivity index (χ3v) is 2.95. The number of halogens is 1. The Hall–Kier alpha value is -1.46. The van der Waals surface area contributed by atoms with Crippen LogP contribution in [0.4, 0.5) is 0 Å². The average molecular weight is 274 g/mol. The van der Waals surface area contributed by atoms with Crippen molar-refractivity contribution in [3.8, 4) is 11.5 Å². The van der Waals surface area contributed by atoms with Crippen molar-refractivity contribution in [2.75, 3.05) is 14.2 Å². The molecule has 0 radical (unpaired) electrons. The van der Waals surface area contributed by atoms with Gasteiger partial charge >= 0.3 is 5.97 Å². The zero-order valence-corrected chi connectivity index (χ0v) is 11.2. The quantitative estimate of drug-likeness (QED) is 0.852. The summed E-state index contributed by atoms with van der Waals surface area (Å²) in [6, 6.07) is 0.773. The number of carbonyl (C=O) groups is 1. The van der Waals surface area contributed by atoms with Gasteiger partial charge in [-0.25, -0.2) is 0 Å². The molecular weight excluding hydrogens is 258 g/mol. The van der Waals surface area contributed by atoms with Crippen molar-refractivity contribution >= 4 is 17.6 Å². The molecule has 0 fully saturated rings. The summed E-state index contributed by atoms with van der Waals surface area (Å²) in [5.74, 6) is -0.154. The summed E-state index contributed by atoms with van der Waals surface area (Å²) < 4.78 is 10.4. The van der Waals surface area contributed by atoms with Gasteiger partial charge in [-0.2, -0.15) is 0 Å². The molecule has 1 atom stereocenters. The predicted molar refractivity (Wildman–Crippen MR) is 68.6 cm³/mol. The molecule has 0 aliphatic heterocycles. The van der Waals surface area contributed by atoms with Gasteiger partial charge in [0, 0.05) is 6.42 Å². The van der Waals surface area contributed by atoms with Crippen LogP contribution in [0, 0.1) is 6.92 Å². The molecule has 0 spiro atoms. The zero-order chi connectivity index (χ0) is 13.9. The third kappa shape index (κ3) is 2.86. The molecule has 1 rings (SSSR count). The van der Waals surface area contributed by atoms with E-state index in [2.05, 4.69) is 0 Å². The highest BCUT2D eigenvalue weighted by Crippen LogP contribution is 2.39. The largest absolute Gasteiger partial charge is 0.495 e.